The minimum Gasteiger partial charge on any atom is -0.394 e. The second-order valence-electron chi connectivity index (χ2n) is 6.61. The predicted molar refractivity (Wildman–Crippen MR) is 86.5 cm³/mol. The lowest BCUT2D eigenvalue weighted by atomic mass is 9.87. The normalized spacial score (nSPS) is 13.2. The molecule has 2 aromatic rings. The van der Waals surface area contributed by atoms with E-state index in [9.17, 15) is 5.11 Å². The first-order chi connectivity index (χ1) is 9.81. The first kappa shape index (κ1) is 15.6. The van der Waals surface area contributed by atoms with E-state index in [-0.39, 0.29) is 18.1 Å². The largest absolute Gasteiger partial charge is 0.394 e. The summed E-state index contributed by atoms with van der Waals surface area (Å²) in [6.45, 7) is 8.51. The standard InChI is InChI=1S/C17H25N3O/c1-12-7-6-8-13(9-12)18-15(11-21)14-10-20(5)19-16(14)17(2,3)4/h6-10,15,18,21H,11H2,1-5H3. The van der Waals surface area contributed by atoms with Gasteiger partial charge >= 0.3 is 0 Å². The van der Waals surface area contributed by atoms with Crippen molar-refractivity contribution in [1.82, 2.24) is 9.78 Å². The Morgan fingerprint density at radius 2 is 2.05 bits per heavy atom. The minimum atomic E-state index is -0.158. The summed E-state index contributed by atoms with van der Waals surface area (Å²) >= 11 is 0. The molecule has 1 atom stereocenters. The molecule has 4 heteroatoms. The molecule has 1 aromatic heterocycles. The second kappa shape index (κ2) is 5.90. The Labute approximate surface area is 126 Å². The molecule has 1 heterocycles. The molecule has 4 nitrogen and oxygen atoms in total. The van der Waals surface area contributed by atoms with E-state index in [2.05, 4.69) is 50.2 Å². The van der Waals surface area contributed by atoms with Crippen LogP contribution in [0.25, 0.3) is 0 Å². The Balaban J connectivity index is 2.34. The molecule has 2 rings (SSSR count). The van der Waals surface area contributed by atoms with Gasteiger partial charge in [0.2, 0.25) is 0 Å². The number of aliphatic hydroxyl groups is 1. The Hall–Kier alpha value is -1.81. The van der Waals surface area contributed by atoms with Gasteiger partial charge in [-0.15, -0.1) is 0 Å². The van der Waals surface area contributed by atoms with Crippen LogP contribution in [0.5, 0.6) is 0 Å². The fraction of sp³-hybridized carbons (Fsp3) is 0.471. The van der Waals surface area contributed by atoms with Crippen molar-refractivity contribution in [1.29, 1.82) is 0 Å². The fourth-order valence-electron chi connectivity index (χ4n) is 2.50. The smallest absolute Gasteiger partial charge is 0.0778 e. The molecule has 0 saturated heterocycles. The van der Waals surface area contributed by atoms with Crippen LogP contribution < -0.4 is 5.32 Å². The number of hydrogen-bond donors (Lipinski definition) is 2. The molecule has 0 spiro atoms. The molecular formula is C17H25N3O. The Morgan fingerprint density at radius 1 is 1.33 bits per heavy atom. The fourth-order valence-corrected chi connectivity index (χ4v) is 2.50. The zero-order valence-corrected chi connectivity index (χ0v) is 13.5. The lowest BCUT2D eigenvalue weighted by molar-refractivity contribution is 0.275. The summed E-state index contributed by atoms with van der Waals surface area (Å²) in [5, 5.41) is 17.8. The van der Waals surface area contributed by atoms with E-state index in [1.165, 1.54) is 5.56 Å². The van der Waals surface area contributed by atoms with Crippen molar-refractivity contribution < 1.29 is 5.11 Å². The molecule has 2 N–H and O–H groups in total. The molecule has 114 valence electrons. The molecule has 0 aliphatic carbocycles. The Bertz CT molecular complexity index is 611. The summed E-state index contributed by atoms with van der Waals surface area (Å²) < 4.78 is 1.82. The first-order valence-corrected chi connectivity index (χ1v) is 7.29. The average molecular weight is 287 g/mol. The topological polar surface area (TPSA) is 50.1 Å². The number of hydrogen-bond acceptors (Lipinski definition) is 3. The van der Waals surface area contributed by atoms with Gasteiger partial charge in [-0.3, -0.25) is 4.68 Å². The van der Waals surface area contributed by atoms with Crippen LogP contribution in [0, 0.1) is 6.92 Å². The second-order valence-corrected chi connectivity index (χ2v) is 6.61. The van der Waals surface area contributed by atoms with Crippen molar-refractivity contribution in [2.75, 3.05) is 11.9 Å². The summed E-state index contributed by atoms with van der Waals surface area (Å²) in [6, 6.07) is 8.01. The van der Waals surface area contributed by atoms with E-state index in [4.69, 9.17) is 0 Å². The molecule has 0 bridgehead atoms. The minimum absolute atomic E-state index is 0.0305. The monoisotopic (exact) mass is 287 g/mol. The van der Waals surface area contributed by atoms with Crippen LogP contribution in [0.2, 0.25) is 0 Å². The number of nitrogens with zero attached hydrogens (tertiary/aromatic N) is 2. The zero-order chi connectivity index (χ0) is 15.6. The Kier molecular flexibility index (Phi) is 4.37. The lowest BCUT2D eigenvalue weighted by Crippen LogP contribution is -2.21. The average Bonchev–Trinajstić information content (AvgIpc) is 2.78. The highest BCUT2D eigenvalue weighted by Crippen LogP contribution is 2.30. The number of nitrogens with one attached hydrogen (secondary N) is 1. The van der Waals surface area contributed by atoms with Gasteiger partial charge in [-0.2, -0.15) is 5.10 Å². The molecule has 21 heavy (non-hydrogen) atoms. The summed E-state index contributed by atoms with van der Waals surface area (Å²) in [5.74, 6) is 0. The maximum atomic E-state index is 9.81. The maximum absolute atomic E-state index is 9.81. The molecule has 0 aliphatic heterocycles. The van der Waals surface area contributed by atoms with E-state index >= 15 is 0 Å². The van der Waals surface area contributed by atoms with Crippen molar-refractivity contribution in [3.8, 4) is 0 Å². The molecule has 0 saturated carbocycles. The third-order valence-electron chi connectivity index (χ3n) is 3.48. The zero-order valence-electron chi connectivity index (χ0n) is 13.5. The number of anilines is 1. The molecule has 1 unspecified atom stereocenters. The summed E-state index contributed by atoms with van der Waals surface area (Å²) in [4.78, 5) is 0. The quantitative estimate of drug-likeness (QED) is 0.908. The third kappa shape index (κ3) is 3.64. The van der Waals surface area contributed by atoms with Gasteiger partial charge in [0, 0.05) is 29.9 Å². The molecule has 0 aliphatic rings. The van der Waals surface area contributed by atoms with E-state index < -0.39 is 0 Å². The number of aliphatic hydroxyl groups excluding tert-OH is 1. The van der Waals surface area contributed by atoms with Crippen LogP contribution in [-0.2, 0) is 12.5 Å². The van der Waals surface area contributed by atoms with Gasteiger partial charge in [0.25, 0.3) is 0 Å². The van der Waals surface area contributed by atoms with E-state index in [0.717, 1.165) is 16.9 Å². The number of benzene rings is 1. The van der Waals surface area contributed by atoms with Crippen molar-refractivity contribution in [3.05, 3.63) is 47.3 Å². The molecule has 0 amide bonds. The number of rotatable bonds is 4. The summed E-state index contributed by atoms with van der Waals surface area (Å²) in [6.07, 6.45) is 1.99. The van der Waals surface area contributed by atoms with Crippen molar-refractivity contribution in [3.63, 3.8) is 0 Å². The molecule has 0 radical (unpaired) electrons. The van der Waals surface area contributed by atoms with Gasteiger partial charge in [0.15, 0.2) is 0 Å². The SMILES string of the molecule is Cc1cccc(NC(CO)c2cn(C)nc2C(C)(C)C)c1. The predicted octanol–water partition coefficient (Wildman–Crippen LogP) is 3.17. The highest BCUT2D eigenvalue weighted by atomic mass is 16.3. The Morgan fingerprint density at radius 3 is 2.62 bits per heavy atom. The molecule has 0 fully saturated rings. The van der Waals surface area contributed by atoms with Gasteiger partial charge in [0.1, 0.15) is 0 Å². The van der Waals surface area contributed by atoms with Crippen LogP contribution in [0.4, 0.5) is 5.69 Å². The lowest BCUT2D eigenvalue weighted by Gasteiger charge is -2.23. The van der Waals surface area contributed by atoms with Crippen molar-refractivity contribution in [2.24, 2.45) is 7.05 Å². The third-order valence-corrected chi connectivity index (χ3v) is 3.48. The highest BCUT2D eigenvalue weighted by Gasteiger charge is 2.26. The first-order valence-electron chi connectivity index (χ1n) is 7.29. The number of aromatic nitrogens is 2. The van der Waals surface area contributed by atoms with Crippen molar-refractivity contribution >= 4 is 5.69 Å². The van der Waals surface area contributed by atoms with E-state index in [1.807, 2.05) is 30.1 Å². The van der Waals surface area contributed by atoms with Crippen LogP contribution >= 0.6 is 0 Å². The van der Waals surface area contributed by atoms with Gasteiger partial charge in [-0.25, -0.2) is 0 Å². The summed E-state index contributed by atoms with van der Waals surface area (Å²) in [7, 11) is 1.92. The van der Waals surface area contributed by atoms with E-state index in [0.29, 0.717) is 0 Å². The van der Waals surface area contributed by atoms with Gasteiger partial charge in [-0.1, -0.05) is 32.9 Å². The van der Waals surface area contributed by atoms with Crippen LogP contribution in [0.3, 0.4) is 0 Å². The van der Waals surface area contributed by atoms with Gasteiger partial charge in [-0.05, 0) is 24.6 Å². The van der Waals surface area contributed by atoms with Crippen LogP contribution in [0.15, 0.2) is 30.5 Å². The molecular weight excluding hydrogens is 262 g/mol. The van der Waals surface area contributed by atoms with Gasteiger partial charge in [0.05, 0.1) is 18.3 Å². The summed E-state index contributed by atoms with van der Waals surface area (Å²) in [5.41, 5.74) is 4.22. The van der Waals surface area contributed by atoms with Crippen LogP contribution in [0.1, 0.15) is 43.6 Å². The van der Waals surface area contributed by atoms with Crippen molar-refractivity contribution in [2.45, 2.75) is 39.2 Å². The highest BCUT2D eigenvalue weighted by molar-refractivity contribution is 5.48. The van der Waals surface area contributed by atoms with Gasteiger partial charge < -0.3 is 10.4 Å². The number of aryl methyl sites for hydroxylation is 2. The maximum Gasteiger partial charge on any atom is 0.0778 e. The molecule has 1 aromatic carbocycles. The van der Waals surface area contributed by atoms with Crippen LogP contribution in [-0.4, -0.2) is 21.5 Å². The van der Waals surface area contributed by atoms with E-state index in [1.54, 1.807) is 0 Å².